The van der Waals surface area contributed by atoms with Crippen molar-refractivity contribution < 1.29 is 9.31 Å². The molecule has 0 aliphatic carbocycles. The average Bonchev–Trinajstić information content (AvgIpc) is 2.29. The maximum Gasteiger partial charge on any atom is 0.294 e. The Morgan fingerprint density at radius 2 is 2.06 bits per heavy atom. The lowest BCUT2D eigenvalue weighted by atomic mass is 9.98. The summed E-state index contributed by atoms with van der Waals surface area (Å²) in [6.45, 7) is 6.68. The number of nitro groups is 1. The highest BCUT2D eigenvalue weighted by Crippen LogP contribution is 2.30. The SMILES string of the molecule is CC(C)C(C)CNc1cc(F)c(Cl)cc1[N+](=O)[O-]. The molecular formula is C12H16ClFN2O2. The second-order valence-corrected chi connectivity index (χ2v) is 5.05. The Morgan fingerprint density at radius 1 is 1.44 bits per heavy atom. The molecule has 0 aromatic heterocycles. The molecule has 1 rings (SSSR count). The summed E-state index contributed by atoms with van der Waals surface area (Å²) in [7, 11) is 0. The standard InChI is InChI=1S/C12H16ClFN2O2/c1-7(2)8(3)6-15-11-5-10(14)9(13)4-12(11)16(17)18/h4-5,7-8,15H,6H2,1-3H3. The van der Waals surface area contributed by atoms with Gasteiger partial charge in [0, 0.05) is 18.7 Å². The molecule has 1 atom stereocenters. The van der Waals surface area contributed by atoms with Crippen LogP contribution in [-0.4, -0.2) is 11.5 Å². The zero-order valence-electron chi connectivity index (χ0n) is 10.5. The maximum atomic E-state index is 13.3. The molecule has 0 heterocycles. The van der Waals surface area contributed by atoms with Gasteiger partial charge in [0.05, 0.1) is 9.95 Å². The van der Waals surface area contributed by atoms with Crippen molar-refractivity contribution in [2.24, 2.45) is 11.8 Å². The van der Waals surface area contributed by atoms with Crippen molar-refractivity contribution in [3.05, 3.63) is 33.1 Å². The summed E-state index contributed by atoms with van der Waals surface area (Å²) >= 11 is 5.54. The number of anilines is 1. The number of nitrogens with zero attached hydrogens (tertiary/aromatic N) is 1. The Hall–Kier alpha value is -1.36. The normalized spacial score (nSPS) is 12.6. The van der Waals surface area contributed by atoms with Gasteiger partial charge in [-0.3, -0.25) is 10.1 Å². The molecule has 0 aliphatic rings. The van der Waals surface area contributed by atoms with Crippen molar-refractivity contribution >= 4 is 23.0 Å². The second kappa shape index (κ2) is 6.00. The number of hydrogen-bond donors (Lipinski definition) is 1. The zero-order valence-corrected chi connectivity index (χ0v) is 11.3. The molecule has 0 bridgehead atoms. The minimum absolute atomic E-state index is 0.161. The third-order valence-corrected chi connectivity index (χ3v) is 3.28. The van der Waals surface area contributed by atoms with Crippen LogP contribution in [0.1, 0.15) is 20.8 Å². The Labute approximate surface area is 110 Å². The first-order chi connectivity index (χ1) is 8.32. The Bertz CT molecular complexity index is 452. The van der Waals surface area contributed by atoms with E-state index < -0.39 is 10.7 Å². The van der Waals surface area contributed by atoms with Crippen LogP contribution < -0.4 is 5.32 Å². The van der Waals surface area contributed by atoms with Crippen LogP contribution >= 0.6 is 11.6 Å². The summed E-state index contributed by atoms with van der Waals surface area (Å²) in [4.78, 5) is 10.3. The Kier molecular flexibility index (Phi) is 4.90. The van der Waals surface area contributed by atoms with Gasteiger partial charge in [-0.05, 0) is 11.8 Å². The summed E-state index contributed by atoms with van der Waals surface area (Å²) in [5.41, 5.74) is -0.0493. The quantitative estimate of drug-likeness (QED) is 0.650. The van der Waals surface area contributed by atoms with E-state index in [0.717, 1.165) is 12.1 Å². The molecular weight excluding hydrogens is 259 g/mol. The van der Waals surface area contributed by atoms with Crippen molar-refractivity contribution in [2.45, 2.75) is 20.8 Å². The number of halogens is 2. The van der Waals surface area contributed by atoms with E-state index in [4.69, 9.17) is 11.6 Å². The van der Waals surface area contributed by atoms with Crippen LogP contribution in [0.5, 0.6) is 0 Å². The van der Waals surface area contributed by atoms with E-state index in [9.17, 15) is 14.5 Å². The van der Waals surface area contributed by atoms with Crippen LogP contribution in [0.3, 0.4) is 0 Å². The molecule has 100 valence electrons. The van der Waals surface area contributed by atoms with E-state index in [1.165, 1.54) is 0 Å². The highest BCUT2D eigenvalue weighted by molar-refractivity contribution is 6.31. The van der Waals surface area contributed by atoms with Crippen LogP contribution in [0.2, 0.25) is 5.02 Å². The molecule has 0 saturated heterocycles. The minimum atomic E-state index is -0.665. The van der Waals surface area contributed by atoms with E-state index in [-0.39, 0.29) is 16.4 Å². The summed E-state index contributed by atoms with van der Waals surface area (Å²) < 4.78 is 13.3. The molecule has 0 fully saturated rings. The van der Waals surface area contributed by atoms with E-state index in [1.54, 1.807) is 0 Å². The first kappa shape index (κ1) is 14.7. The fourth-order valence-corrected chi connectivity index (χ4v) is 1.49. The fraction of sp³-hybridized carbons (Fsp3) is 0.500. The highest BCUT2D eigenvalue weighted by Gasteiger charge is 2.18. The van der Waals surface area contributed by atoms with Crippen molar-refractivity contribution in [1.29, 1.82) is 0 Å². The van der Waals surface area contributed by atoms with Crippen molar-refractivity contribution in [2.75, 3.05) is 11.9 Å². The van der Waals surface area contributed by atoms with Crippen molar-refractivity contribution in [3.63, 3.8) is 0 Å². The molecule has 4 nitrogen and oxygen atoms in total. The topological polar surface area (TPSA) is 55.2 Å². The van der Waals surface area contributed by atoms with Gasteiger partial charge in [0.2, 0.25) is 0 Å². The van der Waals surface area contributed by atoms with Gasteiger partial charge < -0.3 is 5.32 Å². The number of nitro benzene ring substituents is 1. The molecule has 1 aromatic carbocycles. The number of rotatable bonds is 5. The predicted octanol–water partition coefficient (Wildman–Crippen LogP) is 4.09. The molecule has 0 saturated carbocycles. The second-order valence-electron chi connectivity index (χ2n) is 4.64. The van der Waals surface area contributed by atoms with Gasteiger partial charge in [-0.25, -0.2) is 4.39 Å². The third kappa shape index (κ3) is 3.57. The molecule has 0 aliphatic heterocycles. The number of hydrogen-bond acceptors (Lipinski definition) is 3. The van der Waals surface area contributed by atoms with Gasteiger partial charge >= 0.3 is 0 Å². The van der Waals surface area contributed by atoms with Crippen LogP contribution in [0.4, 0.5) is 15.8 Å². The van der Waals surface area contributed by atoms with Gasteiger partial charge in [0.25, 0.3) is 5.69 Å². The Morgan fingerprint density at radius 3 is 2.56 bits per heavy atom. The lowest BCUT2D eigenvalue weighted by Gasteiger charge is -2.17. The van der Waals surface area contributed by atoms with E-state index in [2.05, 4.69) is 19.2 Å². The van der Waals surface area contributed by atoms with Gasteiger partial charge in [-0.15, -0.1) is 0 Å². The average molecular weight is 275 g/mol. The van der Waals surface area contributed by atoms with Crippen LogP contribution in [0.25, 0.3) is 0 Å². The molecule has 0 radical (unpaired) electrons. The molecule has 0 spiro atoms. The number of benzene rings is 1. The molecule has 6 heteroatoms. The van der Waals surface area contributed by atoms with E-state index >= 15 is 0 Å². The molecule has 1 unspecified atom stereocenters. The highest BCUT2D eigenvalue weighted by atomic mass is 35.5. The smallest absolute Gasteiger partial charge is 0.294 e. The van der Waals surface area contributed by atoms with Gasteiger partial charge in [-0.2, -0.15) is 0 Å². The van der Waals surface area contributed by atoms with Gasteiger partial charge in [0.15, 0.2) is 0 Å². The van der Waals surface area contributed by atoms with Crippen LogP contribution in [0, 0.1) is 27.8 Å². The van der Waals surface area contributed by atoms with Crippen molar-refractivity contribution in [1.82, 2.24) is 0 Å². The van der Waals surface area contributed by atoms with Gasteiger partial charge in [0.1, 0.15) is 11.5 Å². The van der Waals surface area contributed by atoms with E-state index in [0.29, 0.717) is 18.4 Å². The fourth-order valence-electron chi connectivity index (χ4n) is 1.34. The largest absolute Gasteiger partial charge is 0.379 e. The van der Waals surface area contributed by atoms with Crippen LogP contribution in [-0.2, 0) is 0 Å². The molecule has 1 aromatic rings. The molecule has 1 N–H and O–H groups in total. The third-order valence-electron chi connectivity index (χ3n) is 2.99. The van der Waals surface area contributed by atoms with Crippen LogP contribution in [0.15, 0.2) is 12.1 Å². The summed E-state index contributed by atoms with van der Waals surface area (Å²) in [5, 5.41) is 13.5. The van der Waals surface area contributed by atoms with Gasteiger partial charge in [-0.1, -0.05) is 32.4 Å². The zero-order chi connectivity index (χ0) is 13.9. The van der Waals surface area contributed by atoms with Crippen molar-refractivity contribution in [3.8, 4) is 0 Å². The minimum Gasteiger partial charge on any atom is -0.379 e. The first-order valence-corrected chi connectivity index (χ1v) is 6.08. The Balaban J connectivity index is 2.93. The summed E-state index contributed by atoms with van der Waals surface area (Å²) in [6.07, 6.45) is 0. The summed E-state index contributed by atoms with van der Waals surface area (Å²) in [6, 6.07) is 2.09. The number of nitrogens with one attached hydrogen (secondary N) is 1. The molecule has 18 heavy (non-hydrogen) atoms. The lowest BCUT2D eigenvalue weighted by molar-refractivity contribution is -0.384. The molecule has 0 amide bonds. The lowest BCUT2D eigenvalue weighted by Crippen LogP contribution is -2.17. The monoisotopic (exact) mass is 274 g/mol. The maximum absolute atomic E-state index is 13.3. The first-order valence-electron chi connectivity index (χ1n) is 5.70. The predicted molar refractivity (Wildman–Crippen MR) is 70.6 cm³/mol. The summed E-state index contributed by atoms with van der Waals surface area (Å²) in [5.74, 6) is 0.0963. The van der Waals surface area contributed by atoms with E-state index in [1.807, 2.05) is 6.92 Å².